The van der Waals surface area contributed by atoms with E-state index >= 15 is 0 Å². The fourth-order valence-electron chi connectivity index (χ4n) is 4.13. The standard InChI is InChI=1S/C27H28N4O2S/c1-17-18(2)30-31(5)26(33)22(17)25-29-19(3)23(34-25)24(32)28-16-27(4,20-12-8-6-9-13-20)21-14-10-7-11-15-21/h6-15H,16H2,1-5H3,(H,28,32). The zero-order valence-electron chi connectivity index (χ0n) is 20.0. The molecular weight excluding hydrogens is 444 g/mol. The molecule has 0 saturated carbocycles. The van der Waals surface area contributed by atoms with Gasteiger partial charge in [-0.05, 0) is 44.4 Å². The minimum atomic E-state index is -0.408. The molecule has 0 atom stereocenters. The SMILES string of the molecule is Cc1nc(-c2c(C)c(C)nn(C)c2=O)sc1C(=O)NCC(C)(c1ccccc1)c1ccccc1. The van der Waals surface area contributed by atoms with Crippen molar-refractivity contribution in [2.45, 2.75) is 33.1 Å². The van der Waals surface area contributed by atoms with Crippen LogP contribution >= 0.6 is 11.3 Å². The largest absolute Gasteiger partial charge is 0.350 e. The summed E-state index contributed by atoms with van der Waals surface area (Å²) in [4.78, 5) is 31.1. The van der Waals surface area contributed by atoms with Crippen molar-refractivity contribution in [1.82, 2.24) is 20.1 Å². The average molecular weight is 473 g/mol. The molecule has 7 heteroatoms. The minimum Gasteiger partial charge on any atom is -0.350 e. The molecule has 4 aromatic rings. The number of amides is 1. The molecule has 0 radical (unpaired) electrons. The summed E-state index contributed by atoms with van der Waals surface area (Å²) in [7, 11) is 1.63. The van der Waals surface area contributed by atoms with Crippen molar-refractivity contribution < 1.29 is 4.79 Å². The van der Waals surface area contributed by atoms with Gasteiger partial charge in [0.05, 0.1) is 17.0 Å². The molecule has 0 unspecified atom stereocenters. The van der Waals surface area contributed by atoms with Crippen molar-refractivity contribution >= 4 is 17.2 Å². The maximum Gasteiger partial charge on any atom is 0.277 e. The van der Waals surface area contributed by atoms with Gasteiger partial charge in [-0.2, -0.15) is 5.10 Å². The Kier molecular flexibility index (Phi) is 6.48. The van der Waals surface area contributed by atoms with Crippen LogP contribution < -0.4 is 10.9 Å². The molecule has 0 fully saturated rings. The number of nitrogens with zero attached hydrogens (tertiary/aromatic N) is 3. The molecule has 1 N–H and O–H groups in total. The van der Waals surface area contributed by atoms with E-state index in [-0.39, 0.29) is 11.5 Å². The lowest BCUT2D eigenvalue weighted by Gasteiger charge is -2.31. The highest BCUT2D eigenvalue weighted by Crippen LogP contribution is 2.32. The van der Waals surface area contributed by atoms with E-state index in [1.54, 1.807) is 14.0 Å². The van der Waals surface area contributed by atoms with Crippen LogP contribution in [0, 0.1) is 20.8 Å². The van der Waals surface area contributed by atoms with Crippen LogP contribution in [-0.4, -0.2) is 27.2 Å². The van der Waals surface area contributed by atoms with Crippen LogP contribution in [0.5, 0.6) is 0 Å². The van der Waals surface area contributed by atoms with Crippen molar-refractivity contribution in [3.8, 4) is 10.6 Å². The summed E-state index contributed by atoms with van der Waals surface area (Å²) in [5, 5.41) is 7.91. The lowest BCUT2D eigenvalue weighted by molar-refractivity contribution is 0.0950. The van der Waals surface area contributed by atoms with Gasteiger partial charge in [0.25, 0.3) is 11.5 Å². The summed E-state index contributed by atoms with van der Waals surface area (Å²) in [6, 6.07) is 20.4. The van der Waals surface area contributed by atoms with Gasteiger partial charge >= 0.3 is 0 Å². The summed E-state index contributed by atoms with van der Waals surface area (Å²) in [6.45, 7) is 8.08. The van der Waals surface area contributed by atoms with Gasteiger partial charge < -0.3 is 5.32 Å². The zero-order valence-corrected chi connectivity index (χ0v) is 20.9. The predicted molar refractivity (Wildman–Crippen MR) is 136 cm³/mol. The molecule has 0 saturated heterocycles. The topological polar surface area (TPSA) is 76.9 Å². The molecule has 174 valence electrons. The van der Waals surface area contributed by atoms with E-state index in [1.807, 2.05) is 50.2 Å². The number of aromatic nitrogens is 3. The second-order valence-corrected chi connectivity index (χ2v) is 9.69. The molecular formula is C27H28N4O2S. The molecule has 1 amide bonds. The predicted octanol–water partition coefficient (Wildman–Crippen LogP) is 4.57. The Morgan fingerprint density at radius 2 is 1.53 bits per heavy atom. The van der Waals surface area contributed by atoms with Gasteiger partial charge in [-0.25, -0.2) is 9.67 Å². The first-order valence-corrected chi connectivity index (χ1v) is 12.0. The monoisotopic (exact) mass is 472 g/mol. The maximum absolute atomic E-state index is 13.3. The van der Waals surface area contributed by atoms with Crippen molar-refractivity contribution in [3.63, 3.8) is 0 Å². The Labute approximate surface area is 203 Å². The highest BCUT2D eigenvalue weighted by Gasteiger charge is 2.30. The van der Waals surface area contributed by atoms with E-state index in [2.05, 4.69) is 46.6 Å². The van der Waals surface area contributed by atoms with E-state index in [1.165, 1.54) is 16.0 Å². The van der Waals surface area contributed by atoms with Crippen LogP contribution in [0.2, 0.25) is 0 Å². The normalized spacial score (nSPS) is 11.4. The fourth-order valence-corrected chi connectivity index (χ4v) is 5.21. The van der Waals surface area contributed by atoms with Crippen LogP contribution in [0.25, 0.3) is 10.6 Å². The maximum atomic E-state index is 13.3. The molecule has 0 aliphatic rings. The van der Waals surface area contributed by atoms with Crippen LogP contribution in [0.4, 0.5) is 0 Å². The summed E-state index contributed by atoms with van der Waals surface area (Å²) >= 11 is 1.24. The molecule has 0 aliphatic heterocycles. The van der Waals surface area contributed by atoms with Crippen LogP contribution in [0.15, 0.2) is 65.5 Å². The van der Waals surface area contributed by atoms with Gasteiger partial charge in [0.1, 0.15) is 9.88 Å². The Bertz CT molecular complexity index is 1350. The second-order valence-electron chi connectivity index (χ2n) is 8.69. The number of nitrogens with one attached hydrogen (secondary N) is 1. The van der Waals surface area contributed by atoms with Crippen molar-refractivity contribution in [1.29, 1.82) is 0 Å². The minimum absolute atomic E-state index is 0.195. The van der Waals surface area contributed by atoms with E-state index in [9.17, 15) is 9.59 Å². The van der Waals surface area contributed by atoms with E-state index in [4.69, 9.17) is 0 Å². The Morgan fingerprint density at radius 3 is 2.09 bits per heavy atom. The summed E-state index contributed by atoms with van der Waals surface area (Å²) < 4.78 is 1.32. The number of benzene rings is 2. The number of thiazole rings is 1. The smallest absolute Gasteiger partial charge is 0.277 e. The van der Waals surface area contributed by atoms with E-state index in [0.29, 0.717) is 27.7 Å². The molecule has 2 aromatic heterocycles. The Morgan fingerprint density at radius 1 is 0.971 bits per heavy atom. The first kappa shape index (κ1) is 23.6. The third-order valence-corrected chi connectivity index (χ3v) is 7.54. The first-order valence-electron chi connectivity index (χ1n) is 11.1. The number of hydrogen-bond acceptors (Lipinski definition) is 5. The first-order chi connectivity index (χ1) is 16.2. The third kappa shape index (κ3) is 4.31. The number of carbonyl (C=O) groups excluding carboxylic acids is 1. The van der Waals surface area contributed by atoms with Gasteiger partial charge in [-0.1, -0.05) is 60.7 Å². The van der Waals surface area contributed by atoms with Crippen LogP contribution in [-0.2, 0) is 12.5 Å². The lowest BCUT2D eigenvalue weighted by atomic mass is 9.76. The van der Waals surface area contributed by atoms with Gasteiger partial charge in [0.2, 0.25) is 0 Å². The molecule has 34 heavy (non-hydrogen) atoms. The van der Waals surface area contributed by atoms with Gasteiger partial charge in [-0.3, -0.25) is 9.59 Å². The van der Waals surface area contributed by atoms with E-state index < -0.39 is 5.41 Å². The number of aryl methyl sites for hydroxylation is 3. The molecule has 6 nitrogen and oxygen atoms in total. The van der Waals surface area contributed by atoms with Crippen molar-refractivity contribution in [3.05, 3.63) is 104 Å². The molecule has 0 spiro atoms. The Hall–Kier alpha value is -3.58. The number of rotatable bonds is 6. The molecule has 0 bridgehead atoms. The van der Waals surface area contributed by atoms with E-state index in [0.717, 1.165) is 22.4 Å². The summed E-state index contributed by atoms with van der Waals surface area (Å²) in [6.07, 6.45) is 0. The zero-order chi connectivity index (χ0) is 24.5. The third-order valence-electron chi connectivity index (χ3n) is 6.37. The average Bonchev–Trinajstić information content (AvgIpc) is 3.23. The van der Waals surface area contributed by atoms with Crippen LogP contribution in [0.1, 0.15) is 44.7 Å². The fraction of sp³-hybridized carbons (Fsp3) is 0.259. The molecule has 2 aromatic carbocycles. The summed E-state index contributed by atoms with van der Waals surface area (Å²) in [5.74, 6) is -0.195. The highest BCUT2D eigenvalue weighted by molar-refractivity contribution is 7.17. The molecule has 2 heterocycles. The van der Waals surface area contributed by atoms with Gasteiger partial charge in [-0.15, -0.1) is 11.3 Å². The van der Waals surface area contributed by atoms with Gasteiger partial charge in [0.15, 0.2) is 0 Å². The lowest BCUT2D eigenvalue weighted by Crippen LogP contribution is -2.39. The summed E-state index contributed by atoms with van der Waals surface area (Å²) in [5.41, 5.74) is 4.26. The quantitative estimate of drug-likeness (QED) is 0.446. The highest BCUT2D eigenvalue weighted by atomic mass is 32.1. The number of hydrogen-bond donors (Lipinski definition) is 1. The van der Waals surface area contributed by atoms with Crippen molar-refractivity contribution in [2.75, 3.05) is 6.54 Å². The molecule has 0 aliphatic carbocycles. The second kappa shape index (κ2) is 9.35. The Balaban J connectivity index is 1.65. The number of carbonyl (C=O) groups is 1. The van der Waals surface area contributed by atoms with Crippen LogP contribution in [0.3, 0.4) is 0 Å². The molecule has 4 rings (SSSR count). The van der Waals surface area contributed by atoms with Gasteiger partial charge in [0, 0.05) is 19.0 Å². The van der Waals surface area contributed by atoms with Crippen molar-refractivity contribution in [2.24, 2.45) is 7.05 Å².